The van der Waals surface area contributed by atoms with Crippen molar-refractivity contribution in [3.8, 4) is 0 Å². The molecule has 0 amide bonds. The second kappa shape index (κ2) is 7.53. The van der Waals surface area contributed by atoms with Crippen molar-refractivity contribution in [2.75, 3.05) is 6.54 Å². The Morgan fingerprint density at radius 3 is 2.37 bits per heavy atom. The number of nitrogens with one attached hydrogen (secondary N) is 1. The van der Waals surface area contributed by atoms with E-state index in [4.69, 9.17) is 0 Å². The molecule has 1 N–H and O–H groups in total. The van der Waals surface area contributed by atoms with E-state index in [1.54, 1.807) is 4.57 Å². The lowest BCUT2D eigenvalue weighted by molar-refractivity contribution is 0.441. The molecule has 0 saturated heterocycles. The smallest absolute Gasteiger partial charge is 0.312 e. The highest BCUT2D eigenvalue weighted by molar-refractivity contribution is 4.82. The van der Waals surface area contributed by atoms with Gasteiger partial charge in [0, 0.05) is 38.1 Å². The van der Waals surface area contributed by atoms with Crippen molar-refractivity contribution in [3.63, 3.8) is 0 Å². The van der Waals surface area contributed by atoms with E-state index in [2.05, 4.69) is 12.2 Å². The van der Waals surface area contributed by atoms with Crippen LogP contribution < -0.4 is 11.0 Å². The van der Waals surface area contributed by atoms with Gasteiger partial charge in [-0.1, -0.05) is 32.6 Å². The Kier molecular flexibility index (Phi) is 5.70. The minimum Gasteiger partial charge on any atom is -0.312 e. The fourth-order valence-corrected chi connectivity index (χ4v) is 2.91. The van der Waals surface area contributed by atoms with Crippen molar-refractivity contribution in [2.45, 2.75) is 71.0 Å². The molecule has 0 aromatic carbocycles. The predicted octanol–water partition coefficient (Wildman–Crippen LogP) is 2.37. The monoisotopic (exact) mass is 265 g/mol. The Bertz CT molecular complexity index is 413. The van der Waals surface area contributed by atoms with Gasteiger partial charge in [0.25, 0.3) is 0 Å². The molecule has 4 heteroatoms. The Morgan fingerprint density at radius 2 is 1.74 bits per heavy atom. The minimum atomic E-state index is 0.129. The zero-order chi connectivity index (χ0) is 13.5. The molecule has 0 bridgehead atoms. The quantitative estimate of drug-likeness (QED) is 0.802. The normalized spacial score (nSPS) is 17.5. The number of hydrogen-bond acceptors (Lipinski definition) is 2. The van der Waals surface area contributed by atoms with E-state index in [1.807, 2.05) is 17.0 Å². The highest BCUT2D eigenvalue weighted by Gasteiger charge is 2.11. The van der Waals surface area contributed by atoms with E-state index in [-0.39, 0.29) is 5.69 Å². The van der Waals surface area contributed by atoms with E-state index in [1.165, 1.54) is 38.5 Å². The lowest BCUT2D eigenvalue weighted by Gasteiger charge is -2.16. The minimum absolute atomic E-state index is 0.129. The number of aromatic nitrogens is 2. The molecule has 0 atom stereocenters. The van der Waals surface area contributed by atoms with Gasteiger partial charge >= 0.3 is 5.69 Å². The number of aryl methyl sites for hydroxylation is 1. The predicted molar refractivity (Wildman–Crippen MR) is 78.5 cm³/mol. The largest absolute Gasteiger partial charge is 0.328 e. The Labute approximate surface area is 115 Å². The van der Waals surface area contributed by atoms with Crippen LogP contribution >= 0.6 is 0 Å². The molecule has 1 aromatic rings. The molecule has 1 heterocycles. The number of imidazole rings is 1. The Hall–Kier alpha value is -1.03. The highest BCUT2D eigenvalue weighted by atomic mass is 16.1. The Balaban J connectivity index is 1.77. The molecule has 1 aliphatic carbocycles. The first kappa shape index (κ1) is 14.4. The fraction of sp³-hybridized carbons (Fsp3) is 0.800. The van der Waals surface area contributed by atoms with Gasteiger partial charge in [-0.15, -0.1) is 0 Å². The molecule has 4 nitrogen and oxygen atoms in total. The first-order chi connectivity index (χ1) is 9.31. The molecular weight excluding hydrogens is 238 g/mol. The van der Waals surface area contributed by atoms with Crippen LogP contribution in [0, 0.1) is 0 Å². The number of rotatable bonds is 6. The molecule has 19 heavy (non-hydrogen) atoms. The van der Waals surface area contributed by atoms with Crippen LogP contribution in [-0.2, 0) is 13.1 Å². The average molecular weight is 265 g/mol. The van der Waals surface area contributed by atoms with Gasteiger partial charge in [0.1, 0.15) is 0 Å². The first-order valence-electron chi connectivity index (χ1n) is 7.80. The molecule has 1 saturated carbocycles. The van der Waals surface area contributed by atoms with Crippen LogP contribution in [0.5, 0.6) is 0 Å². The fourth-order valence-electron chi connectivity index (χ4n) is 2.91. The zero-order valence-corrected chi connectivity index (χ0v) is 12.1. The Morgan fingerprint density at radius 1 is 1.11 bits per heavy atom. The summed E-state index contributed by atoms with van der Waals surface area (Å²) < 4.78 is 3.62. The number of nitrogens with zero attached hydrogens (tertiary/aromatic N) is 2. The molecule has 108 valence electrons. The van der Waals surface area contributed by atoms with Gasteiger partial charge in [0.05, 0.1) is 0 Å². The molecule has 0 radical (unpaired) electrons. The maximum Gasteiger partial charge on any atom is 0.328 e. The van der Waals surface area contributed by atoms with Crippen molar-refractivity contribution in [3.05, 3.63) is 22.9 Å². The third-order valence-corrected chi connectivity index (χ3v) is 4.02. The standard InChI is InChI=1S/C15H27N3O/c1-2-10-17-12-13-18(15(17)19)11-9-16-14-7-5-3-4-6-8-14/h12-14,16H,2-11H2,1H3. The van der Waals surface area contributed by atoms with E-state index in [0.717, 1.165) is 26.1 Å². The van der Waals surface area contributed by atoms with E-state index >= 15 is 0 Å². The van der Waals surface area contributed by atoms with Gasteiger partial charge in [0.15, 0.2) is 0 Å². The molecule has 0 spiro atoms. The lowest BCUT2D eigenvalue weighted by atomic mass is 10.1. The third kappa shape index (κ3) is 4.23. The first-order valence-corrected chi connectivity index (χ1v) is 7.80. The van der Waals surface area contributed by atoms with Crippen LogP contribution in [0.1, 0.15) is 51.9 Å². The van der Waals surface area contributed by atoms with Gasteiger partial charge in [-0.25, -0.2) is 4.79 Å². The van der Waals surface area contributed by atoms with Crippen LogP contribution in [0.15, 0.2) is 17.2 Å². The van der Waals surface area contributed by atoms with E-state index in [0.29, 0.717) is 6.04 Å². The number of hydrogen-bond donors (Lipinski definition) is 1. The highest BCUT2D eigenvalue weighted by Crippen LogP contribution is 2.16. The summed E-state index contributed by atoms with van der Waals surface area (Å²) in [5.41, 5.74) is 0.129. The average Bonchev–Trinajstić information content (AvgIpc) is 2.64. The molecule has 1 fully saturated rings. The van der Waals surface area contributed by atoms with E-state index < -0.39 is 0 Å². The van der Waals surface area contributed by atoms with Crippen LogP contribution in [0.4, 0.5) is 0 Å². The summed E-state index contributed by atoms with van der Waals surface area (Å²) in [5, 5.41) is 3.61. The second-order valence-electron chi connectivity index (χ2n) is 5.61. The maximum atomic E-state index is 12.0. The van der Waals surface area contributed by atoms with Crippen molar-refractivity contribution in [1.29, 1.82) is 0 Å². The van der Waals surface area contributed by atoms with Crippen LogP contribution in [0.2, 0.25) is 0 Å². The zero-order valence-electron chi connectivity index (χ0n) is 12.1. The SMILES string of the molecule is CCCn1ccn(CCNC2CCCCCC2)c1=O. The maximum absolute atomic E-state index is 12.0. The van der Waals surface area contributed by atoms with Crippen molar-refractivity contribution in [1.82, 2.24) is 14.5 Å². The lowest BCUT2D eigenvalue weighted by Crippen LogP contribution is -2.34. The second-order valence-corrected chi connectivity index (χ2v) is 5.61. The van der Waals surface area contributed by atoms with Crippen molar-refractivity contribution < 1.29 is 0 Å². The molecule has 0 unspecified atom stereocenters. The van der Waals surface area contributed by atoms with Crippen molar-refractivity contribution in [2.24, 2.45) is 0 Å². The summed E-state index contributed by atoms with van der Waals surface area (Å²) >= 11 is 0. The molecule has 2 rings (SSSR count). The van der Waals surface area contributed by atoms with E-state index in [9.17, 15) is 4.79 Å². The molecule has 1 aliphatic rings. The van der Waals surface area contributed by atoms with Gasteiger partial charge in [-0.05, 0) is 19.3 Å². The van der Waals surface area contributed by atoms with Gasteiger partial charge in [-0.3, -0.25) is 9.13 Å². The van der Waals surface area contributed by atoms with Crippen LogP contribution in [0.25, 0.3) is 0 Å². The summed E-state index contributed by atoms with van der Waals surface area (Å²) in [7, 11) is 0. The van der Waals surface area contributed by atoms with Gasteiger partial charge < -0.3 is 5.32 Å². The van der Waals surface area contributed by atoms with Crippen molar-refractivity contribution >= 4 is 0 Å². The summed E-state index contributed by atoms with van der Waals surface area (Å²) in [5.74, 6) is 0. The summed E-state index contributed by atoms with van der Waals surface area (Å²) in [6.45, 7) is 4.60. The van der Waals surface area contributed by atoms with Crippen LogP contribution in [0.3, 0.4) is 0 Å². The van der Waals surface area contributed by atoms with Crippen LogP contribution in [-0.4, -0.2) is 21.7 Å². The third-order valence-electron chi connectivity index (χ3n) is 4.02. The summed E-state index contributed by atoms with van der Waals surface area (Å²) in [4.78, 5) is 12.0. The van der Waals surface area contributed by atoms with Gasteiger partial charge in [0.2, 0.25) is 0 Å². The molecular formula is C15H27N3O. The summed E-state index contributed by atoms with van der Waals surface area (Å²) in [6.07, 6.45) is 12.9. The molecule has 0 aliphatic heterocycles. The summed E-state index contributed by atoms with van der Waals surface area (Å²) in [6, 6.07) is 0.663. The van der Waals surface area contributed by atoms with Gasteiger partial charge in [-0.2, -0.15) is 0 Å². The molecule has 1 aromatic heterocycles. The topological polar surface area (TPSA) is 39.0 Å².